The fraction of sp³-hybridized carbons (Fsp3) is 0.200. The van der Waals surface area contributed by atoms with Crippen molar-refractivity contribution in [3.63, 3.8) is 0 Å². The lowest BCUT2D eigenvalue weighted by atomic mass is 10.1. The van der Waals surface area contributed by atoms with Crippen LogP contribution >= 0.6 is 0 Å². The molecule has 1 rings (SSSR count). The van der Waals surface area contributed by atoms with Gasteiger partial charge in [-0.1, -0.05) is 12.2 Å². The fourth-order valence-corrected chi connectivity index (χ4v) is 0.980. The van der Waals surface area contributed by atoms with Crippen LogP contribution in [0.2, 0.25) is 0 Å². The summed E-state index contributed by atoms with van der Waals surface area (Å²) in [5.41, 5.74) is 5.99. The van der Waals surface area contributed by atoms with Crippen LogP contribution in [0.4, 0.5) is 0 Å². The van der Waals surface area contributed by atoms with E-state index < -0.39 is 0 Å². The Morgan fingerprint density at radius 1 is 1.31 bits per heavy atom. The highest BCUT2D eigenvalue weighted by Crippen LogP contribution is 2.23. The molecule has 0 aliphatic heterocycles. The molecule has 0 amide bonds. The van der Waals surface area contributed by atoms with E-state index in [1.807, 2.05) is 6.08 Å². The molecule has 0 saturated carbocycles. The molecule has 4 N–H and O–H groups in total. The molecular formula is C10H13NO2. The molecule has 0 atom stereocenters. The molecule has 3 nitrogen and oxygen atoms in total. The van der Waals surface area contributed by atoms with Crippen LogP contribution in [0, 0.1) is 0 Å². The predicted octanol–water partition coefficient (Wildman–Crippen LogP) is 1.46. The second-order valence-corrected chi connectivity index (χ2v) is 2.72. The molecule has 0 aromatic heterocycles. The number of benzene rings is 1. The summed E-state index contributed by atoms with van der Waals surface area (Å²) < 4.78 is 0. The number of phenolic OH excluding ortho intramolecular Hbond substituents is 2. The van der Waals surface area contributed by atoms with Crippen molar-refractivity contribution in [2.24, 2.45) is 5.73 Å². The van der Waals surface area contributed by atoms with Crippen LogP contribution in [0.5, 0.6) is 11.5 Å². The van der Waals surface area contributed by atoms with E-state index >= 15 is 0 Å². The number of rotatable bonds is 3. The molecule has 13 heavy (non-hydrogen) atoms. The van der Waals surface area contributed by atoms with Crippen molar-refractivity contribution < 1.29 is 10.2 Å². The molecule has 0 heterocycles. The van der Waals surface area contributed by atoms with Crippen LogP contribution in [0.3, 0.4) is 0 Å². The molecule has 0 spiro atoms. The number of nitrogens with two attached hydrogens (primary N) is 1. The maximum Gasteiger partial charge on any atom is 0.126 e. The minimum absolute atomic E-state index is 0.0634. The van der Waals surface area contributed by atoms with Gasteiger partial charge < -0.3 is 15.9 Å². The van der Waals surface area contributed by atoms with Crippen LogP contribution in [0.1, 0.15) is 12.0 Å². The van der Waals surface area contributed by atoms with Gasteiger partial charge in [-0.2, -0.15) is 0 Å². The fourth-order valence-electron chi connectivity index (χ4n) is 0.980. The molecule has 0 aliphatic carbocycles. The predicted molar refractivity (Wildman–Crippen MR) is 52.5 cm³/mol. The lowest BCUT2D eigenvalue weighted by Crippen LogP contribution is -1.94. The van der Waals surface area contributed by atoms with Crippen LogP contribution in [-0.4, -0.2) is 16.8 Å². The first-order chi connectivity index (χ1) is 6.24. The Bertz CT molecular complexity index is 308. The van der Waals surface area contributed by atoms with Gasteiger partial charge in [0.15, 0.2) is 0 Å². The molecule has 70 valence electrons. The summed E-state index contributed by atoms with van der Waals surface area (Å²) in [5.74, 6) is 0.141. The van der Waals surface area contributed by atoms with E-state index in [1.165, 1.54) is 12.1 Å². The van der Waals surface area contributed by atoms with Crippen LogP contribution < -0.4 is 5.73 Å². The molecule has 0 bridgehead atoms. The van der Waals surface area contributed by atoms with E-state index in [1.54, 1.807) is 12.1 Å². The molecule has 3 heteroatoms. The monoisotopic (exact) mass is 179 g/mol. The first kappa shape index (κ1) is 9.61. The van der Waals surface area contributed by atoms with Crippen molar-refractivity contribution in [1.82, 2.24) is 0 Å². The Morgan fingerprint density at radius 2 is 2.08 bits per heavy atom. The minimum Gasteiger partial charge on any atom is -0.508 e. The summed E-state index contributed by atoms with van der Waals surface area (Å²) >= 11 is 0. The summed E-state index contributed by atoms with van der Waals surface area (Å²) in [5, 5.41) is 18.4. The van der Waals surface area contributed by atoms with E-state index in [-0.39, 0.29) is 11.5 Å². The van der Waals surface area contributed by atoms with Crippen molar-refractivity contribution in [3.05, 3.63) is 29.8 Å². The van der Waals surface area contributed by atoms with Crippen molar-refractivity contribution in [3.8, 4) is 11.5 Å². The average Bonchev–Trinajstić information content (AvgIpc) is 2.09. The zero-order valence-corrected chi connectivity index (χ0v) is 7.27. The van der Waals surface area contributed by atoms with Crippen molar-refractivity contribution >= 4 is 6.08 Å². The van der Waals surface area contributed by atoms with Gasteiger partial charge in [-0.15, -0.1) is 0 Å². The third-order valence-corrected chi connectivity index (χ3v) is 1.64. The van der Waals surface area contributed by atoms with Crippen LogP contribution in [-0.2, 0) is 0 Å². The largest absolute Gasteiger partial charge is 0.508 e. The Balaban J connectivity index is 2.77. The van der Waals surface area contributed by atoms with Gasteiger partial charge in [-0.25, -0.2) is 0 Å². The molecule has 0 fully saturated rings. The SMILES string of the molecule is NCCC=Cc1ccc(O)cc1O. The van der Waals surface area contributed by atoms with Crippen molar-refractivity contribution in [2.75, 3.05) is 6.54 Å². The van der Waals surface area contributed by atoms with Gasteiger partial charge in [0.1, 0.15) is 11.5 Å². The molecule has 0 saturated heterocycles. The molecule has 0 unspecified atom stereocenters. The first-order valence-corrected chi connectivity index (χ1v) is 4.12. The summed E-state index contributed by atoms with van der Waals surface area (Å²) in [6.45, 7) is 0.593. The summed E-state index contributed by atoms with van der Waals surface area (Å²) in [4.78, 5) is 0. The smallest absolute Gasteiger partial charge is 0.126 e. The summed E-state index contributed by atoms with van der Waals surface area (Å²) in [6.07, 6.45) is 4.44. The number of phenols is 2. The van der Waals surface area contributed by atoms with E-state index in [9.17, 15) is 5.11 Å². The number of aromatic hydroxyl groups is 2. The Labute approximate surface area is 77.1 Å². The van der Waals surface area contributed by atoms with Gasteiger partial charge >= 0.3 is 0 Å². The van der Waals surface area contributed by atoms with Gasteiger partial charge in [0.2, 0.25) is 0 Å². The van der Waals surface area contributed by atoms with Gasteiger partial charge in [0.05, 0.1) is 0 Å². The lowest BCUT2D eigenvalue weighted by molar-refractivity contribution is 0.450. The minimum atomic E-state index is 0.0634. The molecular weight excluding hydrogens is 166 g/mol. The molecule has 0 aliphatic rings. The van der Waals surface area contributed by atoms with E-state index in [0.29, 0.717) is 12.1 Å². The maximum absolute atomic E-state index is 9.35. The van der Waals surface area contributed by atoms with Gasteiger partial charge in [0, 0.05) is 11.6 Å². The second-order valence-electron chi connectivity index (χ2n) is 2.72. The normalized spacial score (nSPS) is 10.8. The van der Waals surface area contributed by atoms with Gasteiger partial charge in [0.25, 0.3) is 0 Å². The number of hydrogen-bond donors (Lipinski definition) is 3. The number of hydrogen-bond acceptors (Lipinski definition) is 3. The Kier molecular flexibility index (Phi) is 3.34. The highest BCUT2D eigenvalue weighted by molar-refractivity contribution is 5.58. The lowest BCUT2D eigenvalue weighted by Gasteiger charge is -1.98. The first-order valence-electron chi connectivity index (χ1n) is 4.12. The summed E-state index contributed by atoms with van der Waals surface area (Å²) in [6, 6.07) is 4.49. The van der Waals surface area contributed by atoms with Crippen LogP contribution in [0.15, 0.2) is 24.3 Å². The van der Waals surface area contributed by atoms with Gasteiger partial charge in [-0.05, 0) is 25.1 Å². The van der Waals surface area contributed by atoms with Crippen LogP contribution in [0.25, 0.3) is 6.08 Å². The highest BCUT2D eigenvalue weighted by Gasteiger charge is 1.97. The summed E-state index contributed by atoms with van der Waals surface area (Å²) in [7, 11) is 0. The maximum atomic E-state index is 9.35. The average molecular weight is 179 g/mol. The highest BCUT2D eigenvalue weighted by atomic mass is 16.3. The third-order valence-electron chi connectivity index (χ3n) is 1.64. The van der Waals surface area contributed by atoms with E-state index in [0.717, 1.165) is 6.42 Å². The molecule has 1 aromatic carbocycles. The van der Waals surface area contributed by atoms with Gasteiger partial charge in [-0.3, -0.25) is 0 Å². The zero-order chi connectivity index (χ0) is 9.68. The molecule has 0 radical (unpaired) electrons. The third kappa shape index (κ3) is 2.80. The Hall–Kier alpha value is -1.48. The zero-order valence-electron chi connectivity index (χ0n) is 7.27. The molecule has 1 aromatic rings. The van der Waals surface area contributed by atoms with Crippen molar-refractivity contribution in [1.29, 1.82) is 0 Å². The van der Waals surface area contributed by atoms with E-state index in [4.69, 9.17) is 10.8 Å². The Morgan fingerprint density at radius 3 is 2.69 bits per heavy atom. The topological polar surface area (TPSA) is 66.5 Å². The standard InChI is InChI=1S/C10H13NO2/c11-6-2-1-3-8-4-5-9(12)7-10(8)13/h1,3-5,7,12-13H,2,6,11H2. The quantitative estimate of drug-likeness (QED) is 0.658. The second kappa shape index (κ2) is 4.52. The van der Waals surface area contributed by atoms with E-state index in [2.05, 4.69) is 0 Å². The van der Waals surface area contributed by atoms with Crippen molar-refractivity contribution in [2.45, 2.75) is 6.42 Å².